The summed E-state index contributed by atoms with van der Waals surface area (Å²) in [5, 5.41) is 2.87. The largest absolute Gasteiger partial charge is 0.490 e. The number of anilines is 1. The van der Waals surface area contributed by atoms with E-state index in [2.05, 4.69) is 5.32 Å². The molecule has 1 heterocycles. The third-order valence-corrected chi connectivity index (χ3v) is 3.23. The summed E-state index contributed by atoms with van der Waals surface area (Å²) in [5.74, 6) is 1.42. The van der Waals surface area contributed by atoms with E-state index in [0.29, 0.717) is 19.6 Å². The van der Waals surface area contributed by atoms with E-state index in [1.807, 2.05) is 48.5 Å². The standard InChI is InChI=1S/C17H17NO3/c19-17(18-14-5-2-1-3-6-14)12-13-7-8-15-16(11-13)21-10-4-9-20-15/h1-3,5-8,11H,4,9-10,12H2,(H,18,19). The van der Waals surface area contributed by atoms with Crippen LogP contribution in [0.4, 0.5) is 5.69 Å². The van der Waals surface area contributed by atoms with Crippen LogP contribution in [0.3, 0.4) is 0 Å². The number of carbonyl (C=O) groups excluding carboxylic acids is 1. The summed E-state index contributed by atoms with van der Waals surface area (Å²) in [4.78, 5) is 12.0. The second-order valence-corrected chi connectivity index (χ2v) is 4.92. The molecule has 0 aromatic heterocycles. The third kappa shape index (κ3) is 3.54. The Morgan fingerprint density at radius 2 is 1.76 bits per heavy atom. The Morgan fingerprint density at radius 1 is 1.00 bits per heavy atom. The van der Waals surface area contributed by atoms with Crippen LogP contribution in [0, 0.1) is 0 Å². The van der Waals surface area contributed by atoms with Crippen molar-refractivity contribution in [3.05, 3.63) is 54.1 Å². The predicted molar refractivity (Wildman–Crippen MR) is 80.8 cm³/mol. The molecule has 0 unspecified atom stereocenters. The highest BCUT2D eigenvalue weighted by Crippen LogP contribution is 2.30. The van der Waals surface area contributed by atoms with E-state index in [1.54, 1.807) is 0 Å². The maximum atomic E-state index is 12.0. The quantitative estimate of drug-likeness (QED) is 0.942. The molecule has 0 saturated heterocycles. The average Bonchev–Trinajstić information content (AvgIpc) is 2.73. The van der Waals surface area contributed by atoms with Gasteiger partial charge in [-0.25, -0.2) is 0 Å². The fourth-order valence-electron chi connectivity index (χ4n) is 2.23. The van der Waals surface area contributed by atoms with Gasteiger partial charge in [0.25, 0.3) is 0 Å². The van der Waals surface area contributed by atoms with E-state index in [4.69, 9.17) is 9.47 Å². The monoisotopic (exact) mass is 283 g/mol. The molecule has 1 N–H and O–H groups in total. The molecule has 4 heteroatoms. The van der Waals surface area contributed by atoms with Gasteiger partial charge < -0.3 is 14.8 Å². The zero-order chi connectivity index (χ0) is 14.5. The summed E-state index contributed by atoms with van der Waals surface area (Å²) in [6.45, 7) is 1.31. The van der Waals surface area contributed by atoms with Gasteiger partial charge in [-0.15, -0.1) is 0 Å². The number of para-hydroxylation sites is 1. The Kier molecular flexibility index (Phi) is 4.05. The second-order valence-electron chi connectivity index (χ2n) is 4.92. The van der Waals surface area contributed by atoms with Gasteiger partial charge in [0.05, 0.1) is 19.6 Å². The van der Waals surface area contributed by atoms with Gasteiger partial charge in [-0.1, -0.05) is 24.3 Å². The van der Waals surface area contributed by atoms with Crippen LogP contribution in [0.15, 0.2) is 48.5 Å². The molecule has 1 aliphatic rings. The Morgan fingerprint density at radius 3 is 2.57 bits per heavy atom. The van der Waals surface area contributed by atoms with Crippen LogP contribution in [0.25, 0.3) is 0 Å². The number of hydrogen-bond donors (Lipinski definition) is 1. The molecule has 0 saturated carbocycles. The van der Waals surface area contributed by atoms with Crippen molar-refractivity contribution in [2.45, 2.75) is 12.8 Å². The van der Waals surface area contributed by atoms with Crippen molar-refractivity contribution >= 4 is 11.6 Å². The van der Waals surface area contributed by atoms with Crippen molar-refractivity contribution in [2.24, 2.45) is 0 Å². The average molecular weight is 283 g/mol. The van der Waals surface area contributed by atoms with Gasteiger partial charge in [-0.05, 0) is 29.8 Å². The van der Waals surface area contributed by atoms with Gasteiger partial charge in [0.2, 0.25) is 5.91 Å². The maximum absolute atomic E-state index is 12.0. The highest BCUT2D eigenvalue weighted by Gasteiger charge is 2.12. The first kappa shape index (κ1) is 13.5. The van der Waals surface area contributed by atoms with Crippen LogP contribution >= 0.6 is 0 Å². The molecule has 1 aliphatic heterocycles. The number of ether oxygens (including phenoxy) is 2. The molecule has 1 amide bonds. The van der Waals surface area contributed by atoms with Gasteiger partial charge in [0.1, 0.15) is 0 Å². The zero-order valence-electron chi connectivity index (χ0n) is 11.7. The summed E-state index contributed by atoms with van der Waals surface area (Å²) in [7, 11) is 0. The molecule has 3 rings (SSSR count). The summed E-state index contributed by atoms with van der Waals surface area (Å²) in [6.07, 6.45) is 1.18. The van der Waals surface area contributed by atoms with Gasteiger partial charge in [0.15, 0.2) is 11.5 Å². The molecule has 0 spiro atoms. The Bertz CT molecular complexity index is 625. The molecule has 4 nitrogen and oxygen atoms in total. The number of carbonyl (C=O) groups is 1. The first-order chi connectivity index (χ1) is 10.3. The SMILES string of the molecule is O=C(Cc1ccc2c(c1)OCCCO2)Nc1ccccc1. The molecule has 0 bridgehead atoms. The lowest BCUT2D eigenvalue weighted by atomic mass is 10.1. The number of amides is 1. The smallest absolute Gasteiger partial charge is 0.228 e. The number of rotatable bonds is 3. The number of benzene rings is 2. The molecule has 108 valence electrons. The third-order valence-electron chi connectivity index (χ3n) is 3.23. The van der Waals surface area contributed by atoms with Crippen LogP contribution < -0.4 is 14.8 Å². The predicted octanol–water partition coefficient (Wildman–Crippen LogP) is 3.03. The highest BCUT2D eigenvalue weighted by atomic mass is 16.5. The summed E-state index contributed by atoms with van der Waals surface area (Å²) < 4.78 is 11.2. The van der Waals surface area contributed by atoms with Gasteiger partial charge >= 0.3 is 0 Å². The van der Waals surface area contributed by atoms with Gasteiger partial charge in [-0.3, -0.25) is 4.79 Å². The van der Waals surface area contributed by atoms with Crippen molar-refractivity contribution < 1.29 is 14.3 Å². The first-order valence-corrected chi connectivity index (χ1v) is 7.05. The maximum Gasteiger partial charge on any atom is 0.228 e. The molecule has 0 fully saturated rings. The van der Waals surface area contributed by atoms with Gasteiger partial charge in [-0.2, -0.15) is 0 Å². The minimum Gasteiger partial charge on any atom is -0.490 e. The fourth-order valence-corrected chi connectivity index (χ4v) is 2.23. The van der Waals surface area contributed by atoms with E-state index in [1.165, 1.54) is 0 Å². The van der Waals surface area contributed by atoms with Crippen LogP contribution in [0.1, 0.15) is 12.0 Å². The molecule has 21 heavy (non-hydrogen) atoms. The zero-order valence-corrected chi connectivity index (χ0v) is 11.7. The summed E-state index contributed by atoms with van der Waals surface area (Å²) >= 11 is 0. The Labute approximate surface area is 123 Å². The molecular formula is C17H17NO3. The van der Waals surface area contributed by atoms with Crippen LogP contribution in [0.2, 0.25) is 0 Å². The fraction of sp³-hybridized carbons (Fsp3) is 0.235. The normalized spacial score (nSPS) is 13.3. The van der Waals surface area contributed by atoms with Crippen molar-refractivity contribution in [3.8, 4) is 11.5 Å². The number of fused-ring (bicyclic) bond motifs is 1. The molecule has 2 aromatic carbocycles. The Balaban J connectivity index is 1.67. The van der Waals surface area contributed by atoms with E-state index >= 15 is 0 Å². The molecule has 0 radical (unpaired) electrons. The molecule has 2 aromatic rings. The van der Waals surface area contributed by atoms with Crippen LogP contribution in [0.5, 0.6) is 11.5 Å². The van der Waals surface area contributed by atoms with Gasteiger partial charge in [0, 0.05) is 12.1 Å². The van der Waals surface area contributed by atoms with E-state index in [-0.39, 0.29) is 5.91 Å². The van der Waals surface area contributed by atoms with Crippen molar-refractivity contribution in [2.75, 3.05) is 18.5 Å². The molecular weight excluding hydrogens is 266 g/mol. The van der Waals surface area contributed by atoms with E-state index in [9.17, 15) is 4.79 Å². The topological polar surface area (TPSA) is 47.6 Å². The lowest BCUT2D eigenvalue weighted by molar-refractivity contribution is -0.115. The molecule has 0 atom stereocenters. The van der Waals surface area contributed by atoms with E-state index in [0.717, 1.165) is 29.2 Å². The summed E-state index contributed by atoms with van der Waals surface area (Å²) in [6, 6.07) is 15.1. The number of hydrogen-bond acceptors (Lipinski definition) is 3. The highest BCUT2D eigenvalue weighted by molar-refractivity contribution is 5.92. The van der Waals surface area contributed by atoms with Crippen molar-refractivity contribution in [1.82, 2.24) is 0 Å². The lowest BCUT2D eigenvalue weighted by Gasteiger charge is -2.09. The van der Waals surface area contributed by atoms with Crippen molar-refractivity contribution in [3.63, 3.8) is 0 Å². The summed E-state index contributed by atoms with van der Waals surface area (Å²) in [5.41, 5.74) is 1.71. The molecule has 0 aliphatic carbocycles. The Hall–Kier alpha value is -2.49. The lowest BCUT2D eigenvalue weighted by Crippen LogP contribution is -2.14. The van der Waals surface area contributed by atoms with E-state index < -0.39 is 0 Å². The number of nitrogens with one attached hydrogen (secondary N) is 1. The van der Waals surface area contributed by atoms with Crippen molar-refractivity contribution in [1.29, 1.82) is 0 Å². The van der Waals surface area contributed by atoms with Crippen LogP contribution in [-0.2, 0) is 11.2 Å². The first-order valence-electron chi connectivity index (χ1n) is 7.05. The second kappa shape index (κ2) is 6.31. The minimum atomic E-state index is -0.0457. The van der Waals surface area contributed by atoms with Crippen LogP contribution in [-0.4, -0.2) is 19.1 Å². The minimum absolute atomic E-state index is 0.0457.